The minimum Gasteiger partial charge on any atom is -0.465 e. The Labute approximate surface area is 228 Å². The number of hydrazine groups is 1. The molecule has 1 aliphatic carbocycles. The summed E-state index contributed by atoms with van der Waals surface area (Å²) in [6, 6.07) is 9.88. The van der Waals surface area contributed by atoms with Crippen LogP contribution in [0.5, 0.6) is 0 Å². The van der Waals surface area contributed by atoms with Gasteiger partial charge in [0.05, 0.1) is 30.4 Å². The molecule has 1 aliphatic rings. The van der Waals surface area contributed by atoms with Crippen LogP contribution in [-0.4, -0.2) is 39.8 Å². The summed E-state index contributed by atoms with van der Waals surface area (Å²) in [4.78, 5) is 27.5. The van der Waals surface area contributed by atoms with Crippen LogP contribution in [-0.2, 0) is 14.3 Å². The number of carbonyl (C=O) groups is 2. The number of thiazole rings is 1. The van der Waals surface area contributed by atoms with E-state index in [9.17, 15) is 9.59 Å². The number of hydrogen-bond acceptors (Lipinski definition) is 10. The molecule has 1 aromatic carbocycles. The van der Waals surface area contributed by atoms with Crippen molar-refractivity contribution in [1.29, 1.82) is 0 Å². The lowest BCUT2D eigenvalue weighted by Crippen LogP contribution is -2.24. The van der Waals surface area contributed by atoms with Crippen molar-refractivity contribution in [3.8, 4) is 11.3 Å². The highest BCUT2D eigenvalue weighted by Gasteiger charge is 2.16. The van der Waals surface area contributed by atoms with E-state index in [-0.39, 0.29) is 17.8 Å². The number of aromatic nitrogens is 1. The molecule has 1 fully saturated rings. The number of rotatable bonds is 13. The monoisotopic (exact) mass is 551 g/mol. The van der Waals surface area contributed by atoms with Crippen molar-refractivity contribution in [1.82, 2.24) is 14.3 Å². The fourth-order valence-corrected chi connectivity index (χ4v) is 4.85. The number of benzene rings is 1. The summed E-state index contributed by atoms with van der Waals surface area (Å²) in [6.45, 7) is 5.12. The molecular weight excluding hydrogens is 510 g/mol. The van der Waals surface area contributed by atoms with Crippen molar-refractivity contribution >= 4 is 40.5 Å². The molecule has 1 heterocycles. The van der Waals surface area contributed by atoms with Crippen molar-refractivity contribution in [2.24, 2.45) is 17.7 Å². The molecule has 5 N–H and O–H groups in total. The molecule has 0 radical (unpaired) electrons. The fourth-order valence-electron chi connectivity index (χ4n) is 3.75. The average Bonchev–Trinajstić information content (AvgIpc) is 3.36. The maximum absolute atomic E-state index is 11.9. The second kappa shape index (κ2) is 18.3. The zero-order valence-corrected chi connectivity index (χ0v) is 23.5. The van der Waals surface area contributed by atoms with E-state index in [1.807, 2.05) is 49.6 Å². The molecule has 1 aromatic heterocycles. The smallest absolute Gasteiger partial charge is 0.308 e. The maximum Gasteiger partial charge on any atom is 0.308 e. The first-order valence-electron chi connectivity index (χ1n) is 13.0. The van der Waals surface area contributed by atoms with Crippen molar-refractivity contribution in [3.05, 3.63) is 35.7 Å². The van der Waals surface area contributed by atoms with Crippen molar-refractivity contribution in [3.63, 3.8) is 0 Å². The first kappa shape index (κ1) is 31.2. The lowest BCUT2D eigenvalue weighted by atomic mass is 9.90. The second-order valence-electron chi connectivity index (χ2n) is 9.34. The number of nitrogens with two attached hydrogens (primary N) is 1. The highest BCUT2D eigenvalue weighted by atomic mass is 32.2. The molecule has 0 aliphatic heterocycles. The summed E-state index contributed by atoms with van der Waals surface area (Å²) in [5, 5.41) is 14.1. The number of anilines is 1. The molecular formula is C26H41N5O4S2. The number of amides is 1. The van der Waals surface area contributed by atoms with Gasteiger partial charge in [-0.25, -0.2) is 15.5 Å². The molecule has 0 unspecified atom stereocenters. The number of hydrogen-bond donors (Lipinski definition) is 4. The van der Waals surface area contributed by atoms with Crippen LogP contribution in [0.25, 0.3) is 11.3 Å². The van der Waals surface area contributed by atoms with Gasteiger partial charge < -0.3 is 10.1 Å². The number of nitrogens with one attached hydrogen (secondary N) is 2. The van der Waals surface area contributed by atoms with Crippen LogP contribution in [0.4, 0.5) is 5.13 Å². The van der Waals surface area contributed by atoms with Gasteiger partial charge in [-0.1, -0.05) is 74.4 Å². The number of carbonyl (C=O) groups excluding carboxylic acids is 2. The Morgan fingerprint density at radius 2 is 1.92 bits per heavy atom. The van der Waals surface area contributed by atoms with Gasteiger partial charge >= 0.3 is 5.97 Å². The van der Waals surface area contributed by atoms with Crippen molar-refractivity contribution in [2.45, 2.75) is 71.6 Å². The van der Waals surface area contributed by atoms with Gasteiger partial charge in [0, 0.05) is 23.9 Å². The van der Waals surface area contributed by atoms with E-state index in [0.717, 1.165) is 42.7 Å². The Morgan fingerprint density at radius 1 is 1.19 bits per heavy atom. The Morgan fingerprint density at radius 3 is 2.59 bits per heavy atom. The normalized spacial score (nSPS) is 13.8. The van der Waals surface area contributed by atoms with E-state index in [1.54, 1.807) is 0 Å². The van der Waals surface area contributed by atoms with E-state index < -0.39 is 0 Å². The van der Waals surface area contributed by atoms with Crippen molar-refractivity contribution < 1.29 is 19.5 Å². The first-order valence-corrected chi connectivity index (χ1v) is 14.6. The van der Waals surface area contributed by atoms with Gasteiger partial charge in [0.25, 0.3) is 0 Å². The summed E-state index contributed by atoms with van der Waals surface area (Å²) in [6.07, 6.45) is 9.56. The highest BCUT2D eigenvalue weighted by Crippen LogP contribution is 2.25. The van der Waals surface area contributed by atoms with Crippen LogP contribution in [0.2, 0.25) is 0 Å². The van der Waals surface area contributed by atoms with E-state index in [1.165, 1.54) is 43.4 Å². The topological polar surface area (TPSA) is 130 Å². The molecule has 1 amide bonds. The molecule has 0 atom stereocenters. The van der Waals surface area contributed by atoms with Gasteiger partial charge in [0.2, 0.25) is 5.91 Å². The molecule has 37 heavy (non-hydrogen) atoms. The first-order chi connectivity index (χ1) is 17.8. The SMILES string of the molecule is CC(C)C(=O)OCC1CCCCC1.NN(O)SNCCCCCC(=O)Nc1nc(-c2ccccc2)cs1. The zero-order chi connectivity index (χ0) is 26.9. The van der Waals surface area contributed by atoms with Crippen LogP contribution in [0, 0.1) is 11.8 Å². The van der Waals surface area contributed by atoms with E-state index >= 15 is 0 Å². The summed E-state index contributed by atoms with van der Waals surface area (Å²) >= 11 is 2.36. The van der Waals surface area contributed by atoms with Gasteiger partial charge in [-0.3, -0.25) is 14.8 Å². The van der Waals surface area contributed by atoms with Crippen LogP contribution < -0.4 is 15.9 Å². The summed E-state index contributed by atoms with van der Waals surface area (Å²) in [7, 11) is 0. The molecule has 9 nitrogen and oxygen atoms in total. The lowest BCUT2D eigenvalue weighted by Gasteiger charge is -2.21. The molecule has 3 rings (SSSR count). The van der Waals surface area contributed by atoms with Gasteiger partial charge in [-0.15, -0.1) is 11.3 Å². The molecule has 2 aromatic rings. The Bertz CT molecular complexity index is 905. The quantitative estimate of drug-likeness (QED) is 0.0803. The van der Waals surface area contributed by atoms with Crippen molar-refractivity contribution in [2.75, 3.05) is 18.5 Å². The van der Waals surface area contributed by atoms with Crippen LogP contribution in [0.15, 0.2) is 35.7 Å². The lowest BCUT2D eigenvalue weighted by molar-refractivity contribution is -0.149. The average molecular weight is 552 g/mol. The second-order valence-corrected chi connectivity index (χ2v) is 11.0. The fraction of sp³-hybridized carbons (Fsp3) is 0.577. The maximum atomic E-state index is 11.9. The third-order valence-corrected chi connectivity index (χ3v) is 7.10. The summed E-state index contributed by atoms with van der Waals surface area (Å²) in [5.41, 5.74) is 1.91. The van der Waals surface area contributed by atoms with Crippen LogP contribution >= 0.6 is 23.5 Å². The van der Waals surface area contributed by atoms with Gasteiger partial charge in [-0.05, 0) is 31.6 Å². The van der Waals surface area contributed by atoms with E-state index in [2.05, 4.69) is 15.0 Å². The summed E-state index contributed by atoms with van der Waals surface area (Å²) in [5.74, 6) is 5.60. The molecule has 0 bridgehead atoms. The number of ether oxygens (including phenoxy) is 1. The largest absolute Gasteiger partial charge is 0.465 e. The Kier molecular flexibility index (Phi) is 15.4. The van der Waals surface area contributed by atoms with E-state index in [0.29, 0.717) is 35.2 Å². The number of esters is 1. The zero-order valence-electron chi connectivity index (χ0n) is 21.9. The van der Waals surface area contributed by atoms with Crippen LogP contribution in [0.1, 0.15) is 71.6 Å². The minimum atomic E-state index is -0.0504. The predicted octanol–water partition coefficient (Wildman–Crippen LogP) is 5.79. The molecule has 0 saturated heterocycles. The van der Waals surface area contributed by atoms with E-state index in [4.69, 9.17) is 15.8 Å². The van der Waals surface area contributed by atoms with Gasteiger partial charge in [-0.2, -0.15) is 0 Å². The molecule has 1 saturated carbocycles. The predicted molar refractivity (Wildman–Crippen MR) is 150 cm³/mol. The Balaban J connectivity index is 0.000000312. The Hall–Kier alpha value is -2.02. The third kappa shape index (κ3) is 13.9. The molecule has 206 valence electrons. The van der Waals surface area contributed by atoms with Crippen LogP contribution in [0.3, 0.4) is 0 Å². The summed E-state index contributed by atoms with van der Waals surface area (Å²) < 4.78 is 8.61. The number of unbranched alkanes of at least 4 members (excludes halogenated alkanes) is 2. The number of nitrogens with zero attached hydrogens (tertiary/aromatic N) is 2. The molecule has 11 heteroatoms. The third-order valence-electron chi connectivity index (χ3n) is 5.82. The minimum absolute atomic E-state index is 0.0172. The standard InChI is InChI=1S/C15H21N5O2S2.C11H20O2/c16-20(22)24-17-10-6-2-5-9-14(21)19-15-18-13(11-23-15)12-7-3-1-4-8-12;1-9(2)11(12)13-8-10-6-4-3-5-7-10/h1,3-4,7-8,11,17,22H,2,5-6,9-10,16H2,(H,18,19,21);9-10H,3-8H2,1-2H3. The highest BCUT2D eigenvalue weighted by molar-refractivity contribution is 7.94. The van der Waals surface area contributed by atoms with Gasteiger partial charge in [0.15, 0.2) is 5.13 Å². The van der Waals surface area contributed by atoms with Gasteiger partial charge in [0.1, 0.15) is 0 Å². The molecule has 0 spiro atoms.